The lowest BCUT2D eigenvalue weighted by Gasteiger charge is -2.19. The largest absolute Gasteiger partial charge is 0.496 e. The zero-order valence-corrected chi connectivity index (χ0v) is 10.1. The summed E-state index contributed by atoms with van der Waals surface area (Å²) in [5, 5.41) is 9.17. The lowest BCUT2D eigenvalue weighted by molar-refractivity contribution is 0.268. The summed E-state index contributed by atoms with van der Waals surface area (Å²) in [6.45, 7) is 2.37. The van der Waals surface area contributed by atoms with E-state index in [1.165, 1.54) is 24.0 Å². The van der Waals surface area contributed by atoms with Crippen LogP contribution in [-0.4, -0.2) is 18.8 Å². The van der Waals surface area contributed by atoms with Crippen LogP contribution in [-0.2, 0) is 0 Å². The molecule has 0 bridgehead atoms. The van der Waals surface area contributed by atoms with Gasteiger partial charge in [-0.25, -0.2) is 0 Å². The first-order valence-electron chi connectivity index (χ1n) is 6.01. The summed E-state index contributed by atoms with van der Waals surface area (Å²) in [6, 6.07) is 6.32. The zero-order valence-electron chi connectivity index (χ0n) is 10.1. The summed E-state index contributed by atoms with van der Waals surface area (Å²) in [5.74, 6) is 2.19. The minimum absolute atomic E-state index is 0.262. The van der Waals surface area contributed by atoms with Crippen molar-refractivity contribution in [1.29, 1.82) is 0 Å². The van der Waals surface area contributed by atoms with E-state index in [1.54, 1.807) is 7.11 Å². The Hall–Kier alpha value is -1.02. The molecule has 2 nitrogen and oxygen atoms in total. The van der Waals surface area contributed by atoms with Crippen molar-refractivity contribution in [2.45, 2.75) is 32.1 Å². The number of aliphatic hydroxyl groups is 1. The number of ether oxygens (including phenoxy) is 1. The topological polar surface area (TPSA) is 29.5 Å². The highest BCUT2D eigenvalue weighted by atomic mass is 16.5. The van der Waals surface area contributed by atoms with Crippen LogP contribution >= 0.6 is 0 Å². The number of aliphatic hydroxyl groups excluding tert-OH is 1. The average molecular weight is 220 g/mol. The Morgan fingerprint density at radius 1 is 1.44 bits per heavy atom. The third kappa shape index (κ3) is 2.38. The van der Waals surface area contributed by atoms with Crippen molar-refractivity contribution in [1.82, 2.24) is 0 Å². The van der Waals surface area contributed by atoms with E-state index in [1.807, 2.05) is 6.07 Å². The summed E-state index contributed by atoms with van der Waals surface area (Å²) in [5.41, 5.74) is 2.54. The van der Waals surface area contributed by atoms with Crippen LogP contribution < -0.4 is 4.74 Å². The molecule has 1 N–H and O–H groups in total. The van der Waals surface area contributed by atoms with E-state index in [-0.39, 0.29) is 6.61 Å². The fourth-order valence-electron chi connectivity index (χ4n) is 2.43. The second-order valence-corrected chi connectivity index (χ2v) is 4.70. The van der Waals surface area contributed by atoms with Gasteiger partial charge in [0.05, 0.1) is 7.11 Å². The highest BCUT2D eigenvalue weighted by Gasteiger charge is 2.33. The van der Waals surface area contributed by atoms with Crippen LogP contribution in [0.5, 0.6) is 5.75 Å². The molecule has 1 aromatic carbocycles. The van der Waals surface area contributed by atoms with Gasteiger partial charge in [-0.15, -0.1) is 0 Å². The van der Waals surface area contributed by atoms with Crippen molar-refractivity contribution in [2.75, 3.05) is 13.7 Å². The summed E-state index contributed by atoms with van der Waals surface area (Å²) in [6.07, 6.45) is 3.44. The molecule has 1 aliphatic rings. The number of hydrogen-bond acceptors (Lipinski definition) is 2. The first-order chi connectivity index (χ1) is 7.76. The monoisotopic (exact) mass is 220 g/mol. The second kappa shape index (κ2) is 4.88. The Balaban J connectivity index is 2.30. The second-order valence-electron chi connectivity index (χ2n) is 4.70. The van der Waals surface area contributed by atoms with Crippen molar-refractivity contribution >= 4 is 0 Å². The van der Waals surface area contributed by atoms with Crippen LogP contribution in [0.2, 0.25) is 0 Å². The number of hydrogen-bond donors (Lipinski definition) is 1. The van der Waals surface area contributed by atoms with E-state index >= 15 is 0 Å². The Morgan fingerprint density at radius 3 is 2.75 bits per heavy atom. The van der Waals surface area contributed by atoms with Gasteiger partial charge in [0.2, 0.25) is 0 Å². The van der Waals surface area contributed by atoms with Gasteiger partial charge in [-0.05, 0) is 49.7 Å². The molecule has 1 saturated carbocycles. The number of methoxy groups -OCH3 is 1. The molecule has 0 saturated heterocycles. The maximum atomic E-state index is 9.17. The molecule has 88 valence electrons. The van der Waals surface area contributed by atoms with Crippen molar-refractivity contribution in [2.24, 2.45) is 5.92 Å². The molecule has 0 aliphatic heterocycles. The summed E-state index contributed by atoms with van der Waals surface area (Å²) < 4.78 is 5.42. The number of aryl methyl sites for hydroxylation is 1. The SMILES string of the molecule is COc1ccc(C)cc1C(CCO)C1CC1. The third-order valence-corrected chi connectivity index (χ3v) is 3.42. The summed E-state index contributed by atoms with van der Waals surface area (Å²) in [4.78, 5) is 0. The van der Waals surface area contributed by atoms with Gasteiger partial charge >= 0.3 is 0 Å². The van der Waals surface area contributed by atoms with Crippen molar-refractivity contribution in [3.63, 3.8) is 0 Å². The predicted molar refractivity (Wildman–Crippen MR) is 64.9 cm³/mol. The molecule has 0 radical (unpaired) electrons. The van der Waals surface area contributed by atoms with E-state index in [9.17, 15) is 0 Å². The summed E-state index contributed by atoms with van der Waals surface area (Å²) >= 11 is 0. The molecule has 1 aliphatic carbocycles. The molecule has 0 aromatic heterocycles. The molecule has 1 atom stereocenters. The first-order valence-corrected chi connectivity index (χ1v) is 6.01. The lowest BCUT2D eigenvalue weighted by atomic mass is 9.89. The lowest BCUT2D eigenvalue weighted by Crippen LogP contribution is -2.06. The molecular formula is C14H20O2. The van der Waals surface area contributed by atoms with Crippen LogP contribution in [0.25, 0.3) is 0 Å². The minimum atomic E-state index is 0.262. The highest BCUT2D eigenvalue weighted by molar-refractivity contribution is 5.40. The molecule has 16 heavy (non-hydrogen) atoms. The Kier molecular flexibility index (Phi) is 3.49. The van der Waals surface area contributed by atoms with E-state index in [2.05, 4.69) is 19.1 Å². The van der Waals surface area contributed by atoms with Gasteiger partial charge in [-0.2, -0.15) is 0 Å². The fraction of sp³-hybridized carbons (Fsp3) is 0.571. The van der Waals surface area contributed by atoms with Gasteiger partial charge in [0.15, 0.2) is 0 Å². The molecule has 0 heterocycles. The third-order valence-electron chi connectivity index (χ3n) is 3.42. The number of rotatable bonds is 5. The zero-order chi connectivity index (χ0) is 11.5. The Bertz CT molecular complexity index is 356. The minimum Gasteiger partial charge on any atom is -0.496 e. The van der Waals surface area contributed by atoms with E-state index in [0.717, 1.165) is 18.1 Å². The number of benzene rings is 1. The van der Waals surface area contributed by atoms with Crippen LogP contribution in [0.1, 0.15) is 36.3 Å². The highest BCUT2D eigenvalue weighted by Crippen LogP contribution is 2.46. The molecule has 2 rings (SSSR count). The van der Waals surface area contributed by atoms with Crippen LogP contribution in [0.3, 0.4) is 0 Å². The van der Waals surface area contributed by atoms with Crippen LogP contribution in [0.4, 0.5) is 0 Å². The van der Waals surface area contributed by atoms with Gasteiger partial charge in [0, 0.05) is 6.61 Å². The van der Waals surface area contributed by atoms with Crippen molar-refractivity contribution in [3.05, 3.63) is 29.3 Å². The predicted octanol–water partition coefficient (Wildman–Crippen LogP) is 2.88. The van der Waals surface area contributed by atoms with Gasteiger partial charge in [0.1, 0.15) is 5.75 Å². The van der Waals surface area contributed by atoms with Crippen molar-refractivity contribution < 1.29 is 9.84 Å². The Morgan fingerprint density at radius 2 is 2.19 bits per heavy atom. The Labute approximate surface area is 97.3 Å². The molecule has 0 amide bonds. The van der Waals surface area contributed by atoms with Gasteiger partial charge in [0.25, 0.3) is 0 Å². The van der Waals surface area contributed by atoms with Gasteiger partial charge in [-0.3, -0.25) is 0 Å². The summed E-state index contributed by atoms with van der Waals surface area (Å²) in [7, 11) is 1.72. The smallest absolute Gasteiger partial charge is 0.122 e. The van der Waals surface area contributed by atoms with E-state index < -0.39 is 0 Å². The molecule has 0 spiro atoms. The standard InChI is InChI=1S/C14H20O2/c1-10-3-6-14(16-2)13(9-10)12(7-8-15)11-4-5-11/h3,6,9,11-12,15H,4-5,7-8H2,1-2H3. The molecule has 1 fully saturated rings. The quantitative estimate of drug-likeness (QED) is 0.826. The van der Waals surface area contributed by atoms with Gasteiger partial charge < -0.3 is 9.84 Å². The molecule has 2 heteroatoms. The fourth-order valence-corrected chi connectivity index (χ4v) is 2.43. The average Bonchev–Trinajstić information content (AvgIpc) is 3.10. The van der Waals surface area contributed by atoms with Gasteiger partial charge in [-0.1, -0.05) is 17.7 Å². The van der Waals surface area contributed by atoms with Crippen LogP contribution in [0.15, 0.2) is 18.2 Å². The maximum Gasteiger partial charge on any atom is 0.122 e. The maximum absolute atomic E-state index is 9.17. The normalized spacial score (nSPS) is 17.2. The van der Waals surface area contributed by atoms with Crippen LogP contribution in [0, 0.1) is 12.8 Å². The molecule has 1 unspecified atom stereocenters. The van der Waals surface area contributed by atoms with E-state index in [4.69, 9.17) is 9.84 Å². The van der Waals surface area contributed by atoms with E-state index in [0.29, 0.717) is 5.92 Å². The van der Waals surface area contributed by atoms with Crippen molar-refractivity contribution in [3.8, 4) is 5.75 Å². The molecular weight excluding hydrogens is 200 g/mol. The first kappa shape index (κ1) is 11.5. The molecule has 1 aromatic rings.